The Bertz CT molecular complexity index is 980. The number of non-ortho nitro benzene ring substituents is 1. The maximum Gasteiger partial charge on any atom is 0.270 e. The highest BCUT2D eigenvalue weighted by molar-refractivity contribution is 5.92. The predicted octanol–water partition coefficient (Wildman–Crippen LogP) is 2.55. The van der Waals surface area contributed by atoms with Crippen molar-refractivity contribution in [1.29, 1.82) is 0 Å². The van der Waals surface area contributed by atoms with Crippen molar-refractivity contribution in [3.63, 3.8) is 0 Å². The van der Waals surface area contributed by atoms with Gasteiger partial charge >= 0.3 is 0 Å². The lowest BCUT2D eigenvalue weighted by atomic mass is 10.2. The van der Waals surface area contributed by atoms with Gasteiger partial charge in [0.05, 0.1) is 10.4 Å². The zero-order valence-corrected chi connectivity index (χ0v) is 12.5. The number of rotatable bonds is 4. The molecule has 1 heterocycles. The second kappa shape index (κ2) is 6.33. The fraction of sp³-hybridized carbons (Fsp3) is 0.0588. The van der Waals surface area contributed by atoms with Crippen molar-refractivity contribution in [2.24, 2.45) is 0 Å². The highest BCUT2D eigenvalue weighted by atomic mass is 16.6. The summed E-state index contributed by atoms with van der Waals surface area (Å²) in [5, 5.41) is 14.1. The maximum absolute atomic E-state index is 12.2. The minimum absolute atomic E-state index is 0.0681. The molecule has 0 aliphatic rings. The van der Waals surface area contributed by atoms with E-state index in [1.807, 2.05) is 6.07 Å². The van der Waals surface area contributed by atoms with E-state index in [1.165, 1.54) is 34.9 Å². The van der Waals surface area contributed by atoms with Crippen LogP contribution in [0.4, 0.5) is 11.4 Å². The van der Waals surface area contributed by atoms with Gasteiger partial charge in [0.25, 0.3) is 11.2 Å². The molecule has 0 atom stereocenters. The van der Waals surface area contributed by atoms with Crippen LogP contribution < -0.4 is 10.9 Å². The number of nitro benzene ring substituents is 1. The molecule has 1 aromatic heterocycles. The van der Waals surface area contributed by atoms with E-state index < -0.39 is 4.92 Å². The van der Waals surface area contributed by atoms with Gasteiger partial charge in [-0.05, 0) is 24.3 Å². The normalized spacial score (nSPS) is 10.5. The molecule has 0 radical (unpaired) electrons. The van der Waals surface area contributed by atoms with Gasteiger partial charge in [-0.25, -0.2) is 0 Å². The summed E-state index contributed by atoms with van der Waals surface area (Å²) in [5.74, 6) is -0.353. The lowest BCUT2D eigenvalue weighted by Crippen LogP contribution is -2.27. The molecule has 0 saturated heterocycles. The van der Waals surface area contributed by atoms with Crippen LogP contribution in [0, 0.1) is 10.1 Å². The van der Waals surface area contributed by atoms with Crippen molar-refractivity contribution < 1.29 is 9.72 Å². The molecular weight excluding hydrogens is 310 g/mol. The molecule has 7 heteroatoms. The van der Waals surface area contributed by atoms with E-state index in [9.17, 15) is 19.7 Å². The number of para-hydroxylation sites is 1. The molecule has 0 fully saturated rings. The zero-order chi connectivity index (χ0) is 17.1. The molecule has 2 aromatic carbocycles. The van der Waals surface area contributed by atoms with Gasteiger partial charge in [0.15, 0.2) is 0 Å². The van der Waals surface area contributed by atoms with Gasteiger partial charge in [0.1, 0.15) is 6.54 Å². The number of aromatic nitrogens is 1. The number of nitrogens with one attached hydrogen (secondary N) is 1. The van der Waals surface area contributed by atoms with Crippen molar-refractivity contribution in [1.82, 2.24) is 4.57 Å². The average Bonchev–Trinajstić information content (AvgIpc) is 2.58. The molecule has 1 N–H and O–H groups in total. The monoisotopic (exact) mass is 323 g/mol. The van der Waals surface area contributed by atoms with Crippen molar-refractivity contribution in [2.75, 3.05) is 5.32 Å². The van der Waals surface area contributed by atoms with Crippen LogP contribution in [0.5, 0.6) is 0 Å². The van der Waals surface area contributed by atoms with Crippen molar-refractivity contribution in [3.05, 3.63) is 81.1 Å². The molecule has 3 rings (SSSR count). The van der Waals surface area contributed by atoms with Crippen LogP contribution in [0.2, 0.25) is 0 Å². The van der Waals surface area contributed by atoms with Crippen molar-refractivity contribution >= 4 is 28.2 Å². The Balaban J connectivity index is 1.93. The SMILES string of the molecule is O=C(Cn1c(=O)ccc2cc([N+](=O)[O-])ccc21)Nc1ccccc1. The number of anilines is 1. The summed E-state index contributed by atoms with van der Waals surface area (Å²) in [4.78, 5) is 34.6. The minimum atomic E-state index is -0.503. The number of fused-ring (bicyclic) bond motifs is 1. The van der Waals surface area contributed by atoms with Gasteiger partial charge < -0.3 is 5.32 Å². The standard InChI is InChI=1S/C17H13N3O4/c21-16(18-13-4-2-1-3-5-13)11-19-15-8-7-14(20(23)24)10-12(15)6-9-17(19)22/h1-10H,11H2,(H,18,21). The van der Waals surface area contributed by atoms with Gasteiger partial charge in [0, 0.05) is 29.3 Å². The molecule has 7 nitrogen and oxygen atoms in total. The molecule has 3 aromatic rings. The van der Waals surface area contributed by atoms with E-state index in [2.05, 4.69) is 5.32 Å². The number of hydrogen-bond donors (Lipinski definition) is 1. The first-order valence-electron chi connectivity index (χ1n) is 7.17. The van der Waals surface area contributed by atoms with E-state index in [1.54, 1.807) is 24.3 Å². The number of pyridine rings is 1. The Hall–Kier alpha value is -3.48. The van der Waals surface area contributed by atoms with Crippen LogP contribution in [0.15, 0.2) is 65.5 Å². The predicted molar refractivity (Wildman–Crippen MR) is 89.9 cm³/mol. The summed E-state index contributed by atoms with van der Waals surface area (Å²) in [6, 6.07) is 15.9. The Morgan fingerprint density at radius 1 is 1.08 bits per heavy atom. The quantitative estimate of drug-likeness (QED) is 0.589. The fourth-order valence-corrected chi connectivity index (χ4v) is 2.43. The van der Waals surface area contributed by atoms with Crippen molar-refractivity contribution in [3.8, 4) is 0 Å². The number of nitro groups is 1. The fourth-order valence-electron chi connectivity index (χ4n) is 2.43. The Morgan fingerprint density at radius 3 is 2.54 bits per heavy atom. The van der Waals surface area contributed by atoms with Crippen LogP contribution in [-0.4, -0.2) is 15.4 Å². The molecule has 0 saturated carbocycles. The summed E-state index contributed by atoms with van der Waals surface area (Å²) < 4.78 is 1.29. The number of carbonyl (C=O) groups is 1. The Labute approximate surface area is 136 Å². The van der Waals surface area contributed by atoms with Gasteiger partial charge in [-0.1, -0.05) is 18.2 Å². The number of nitrogens with zero attached hydrogens (tertiary/aromatic N) is 2. The van der Waals surface area contributed by atoms with E-state index in [4.69, 9.17) is 0 Å². The maximum atomic E-state index is 12.2. The lowest BCUT2D eigenvalue weighted by Gasteiger charge is -2.10. The molecule has 0 bridgehead atoms. The smallest absolute Gasteiger partial charge is 0.270 e. The average molecular weight is 323 g/mol. The third-order valence-corrected chi connectivity index (χ3v) is 3.54. The lowest BCUT2D eigenvalue weighted by molar-refractivity contribution is -0.384. The van der Waals surface area contributed by atoms with E-state index >= 15 is 0 Å². The molecule has 0 aliphatic heterocycles. The summed E-state index contributed by atoms with van der Waals surface area (Å²) in [5.41, 5.74) is 0.684. The molecule has 0 spiro atoms. The number of carbonyl (C=O) groups excluding carboxylic acids is 1. The molecule has 0 aliphatic carbocycles. The molecule has 120 valence electrons. The molecule has 1 amide bonds. The topological polar surface area (TPSA) is 94.2 Å². The van der Waals surface area contributed by atoms with Crippen LogP contribution in [0.3, 0.4) is 0 Å². The largest absolute Gasteiger partial charge is 0.325 e. The van der Waals surface area contributed by atoms with Crippen LogP contribution >= 0.6 is 0 Å². The van der Waals surface area contributed by atoms with E-state index in [-0.39, 0.29) is 23.7 Å². The summed E-state index contributed by atoms with van der Waals surface area (Å²) in [6.45, 7) is -0.178. The van der Waals surface area contributed by atoms with Gasteiger partial charge in [0.2, 0.25) is 5.91 Å². The van der Waals surface area contributed by atoms with Crippen LogP contribution in [0.1, 0.15) is 0 Å². The summed E-state index contributed by atoms with van der Waals surface area (Å²) in [6.07, 6.45) is 0. The molecule has 0 unspecified atom stereocenters. The first kappa shape index (κ1) is 15.4. The Kier molecular flexibility index (Phi) is 4.07. The summed E-state index contributed by atoms with van der Waals surface area (Å²) >= 11 is 0. The van der Waals surface area contributed by atoms with Gasteiger partial charge in [-0.2, -0.15) is 0 Å². The second-order valence-electron chi connectivity index (χ2n) is 5.17. The minimum Gasteiger partial charge on any atom is -0.325 e. The number of benzene rings is 2. The van der Waals surface area contributed by atoms with E-state index in [0.29, 0.717) is 16.6 Å². The van der Waals surface area contributed by atoms with Crippen LogP contribution in [0.25, 0.3) is 10.9 Å². The van der Waals surface area contributed by atoms with Gasteiger partial charge in [-0.15, -0.1) is 0 Å². The highest BCUT2D eigenvalue weighted by Gasteiger charge is 2.12. The van der Waals surface area contributed by atoms with Gasteiger partial charge in [-0.3, -0.25) is 24.3 Å². The number of hydrogen-bond acceptors (Lipinski definition) is 4. The molecular formula is C17H13N3O4. The van der Waals surface area contributed by atoms with Crippen LogP contribution in [-0.2, 0) is 11.3 Å². The third-order valence-electron chi connectivity index (χ3n) is 3.54. The second-order valence-corrected chi connectivity index (χ2v) is 5.17. The third kappa shape index (κ3) is 3.14. The first-order valence-corrected chi connectivity index (χ1v) is 7.17. The zero-order valence-electron chi connectivity index (χ0n) is 12.5. The number of amides is 1. The molecule has 24 heavy (non-hydrogen) atoms. The Morgan fingerprint density at radius 2 is 1.83 bits per heavy atom. The van der Waals surface area contributed by atoms with E-state index in [0.717, 1.165) is 0 Å². The van der Waals surface area contributed by atoms with Crippen molar-refractivity contribution in [2.45, 2.75) is 6.54 Å². The highest BCUT2D eigenvalue weighted by Crippen LogP contribution is 2.19. The summed E-state index contributed by atoms with van der Waals surface area (Å²) in [7, 11) is 0. The first-order chi connectivity index (χ1) is 11.5.